The Bertz CT molecular complexity index is 421. The lowest BCUT2D eigenvalue weighted by molar-refractivity contribution is 0.135. The highest BCUT2D eigenvalue weighted by Gasteiger charge is 2.29. The van der Waals surface area contributed by atoms with E-state index in [1.165, 1.54) is 49.7 Å². The molecule has 2 rings (SSSR count). The van der Waals surface area contributed by atoms with Gasteiger partial charge in [0.25, 0.3) is 0 Å². The molecule has 1 aliphatic rings. The predicted molar refractivity (Wildman–Crippen MR) is 91.4 cm³/mol. The summed E-state index contributed by atoms with van der Waals surface area (Å²) in [5, 5.41) is 0. The molecular weight excluding hydrogens is 256 g/mol. The molecule has 0 bridgehead atoms. The van der Waals surface area contributed by atoms with Crippen LogP contribution in [0.3, 0.4) is 0 Å². The number of hydrogen-bond donors (Lipinski definition) is 1. The van der Waals surface area contributed by atoms with Crippen molar-refractivity contribution in [3.8, 4) is 0 Å². The van der Waals surface area contributed by atoms with E-state index in [1.807, 2.05) is 0 Å². The van der Waals surface area contributed by atoms with E-state index in [0.717, 1.165) is 6.42 Å². The smallest absolute Gasteiger partial charge is 0.0501 e. The van der Waals surface area contributed by atoms with E-state index >= 15 is 0 Å². The van der Waals surface area contributed by atoms with Gasteiger partial charge < -0.3 is 5.73 Å². The van der Waals surface area contributed by atoms with Crippen LogP contribution >= 0.6 is 0 Å². The molecule has 21 heavy (non-hydrogen) atoms. The van der Waals surface area contributed by atoms with Gasteiger partial charge in [-0.05, 0) is 44.4 Å². The summed E-state index contributed by atoms with van der Waals surface area (Å²) in [5.41, 5.74) is 9.31. The number of rotatable bonds is 5. The highest BCUT2D eigenvalue weighted by atomic mass is 15.2. The third-order valence-electron chi connectivity index (χ3n) is 5.22. The van der Waals surface area contributed by atoms with E-state index in [9.17, 15) is 0 Å². The second kappa shape index (κ2) is 7.95. The van der Waals surface area contributed by atoms with Gasteiger partial charge in [-0.2, -0.15) is 0 Å². The summed E-state index contributed by atoms with van der Waals surface area (Å²) in [6.07, 6.45) is 9.23. The largest absolute Gasteiger partial charge is 0.326 e. The Morgan fingerprint density at radius 2 is 1.76 bits per heavy atom. The fourth-order valence-electron chi connectivity index (χ4n) is 3.79. The van der Waals surface area contributed by atoms with Gasteiger partial charge >= 0.3 is 0 Å². The molecule has 1 fully saturated rings. The van der Waals surface area contributed by atoms with Gasteiger partial charge in [-0.15, -0.1) is 0 Å². The molecule has 1 saturated carbocycles. The van der Waals surface area contributed by atoms with Crippen LogP contribution in [-0.2, 0) is 0 Å². The van der Waals surface area contributed by atoms with E-state index in [1.54, 1.807) is 0 Å². The highest BCUT2D eigenvalue weighted by Crippen LogP contribution is 2.32. The van der Waals surface area contributed by atoms with Crippen molar-refractivity contribution in [3.05, 3.63) is 35.4 Å². The van der Waals surface area contributed by atoms with Gasteiger partial charge in [-0.3, -0.25) is 4.90 Å². The van der Waals surface area contributed by atoms with Crippen molar-refractivity contribution >= 4 is 0 Å². The number of benzene rings is 1. The monoisotopic (exact) mass is 288 g/mol. The molecule has 2 unspecified atom stereocenters. The van der Waals surface area contributed by atoms with Crippen LogP contribution < -0.4 is 5.73 Å². The number of hydrogen-bond acceptors (Lipinski definition) is 2. The Kier molecular flexibility index (Phi) is 6.25. The van der Waals surface area contributed by atoms with Crippen LogP contribution in [0.15, 0.2) is 24.3 Å². The summed E-state index contributed by atoms with van der Waals surface area (Å²) in [4.78, 5) is 2.59. The van der Waals surface area contributed by atoms with Crippen molar-refractivity contribution in [2.45, 2.75) is 76.9 Å². The minimum Gasteiger partial charge on any atom is -0.326 e. The van der Waals surface area contributed by atoms with Crippen LogP contribution in [0.5, 0.6) is 0 Å². The summed E-state index contributed by atoms with van der Waals surface area (Å²) in [6, 6.07) is 10.00. The third kappa shape index (κ3) is 4.08. The molecule has 0 heterocycles. The summed E-state index contributed by atoms with van der Waals surface area (Å²) in [6.45, 7) is 4.42. The quantitative estimate of drug-likeness (QED) is 0.812. The molecule has 0 saturated heterocycles. The minimum absolute atomic E-state index is 0.208. The Labute approximate surface area is 130 Å². The van der Waals surface area contributed by atoms with Crippen molar-refractivity contribution in [2.75, 3.05) is 7.05 Å². The van der Waals surface area contributed by atoms with Gasteiger partial charge in [0.15, 0.2) is 0 Å². The van der Waals surface area contributed by atoms with Crippen molar-refractivity contribution < 1.29 is 0 Å². The molecule has 2 nitrogen and oxygen atoms in total. The van der Waals surface area contributed by atoms with Crippen LogP contribution in [0.1, 0.15) is 69.0 Å². The maximum absolute atomic E-state index is 6.52. The number of likely N-dealkylation sites (N-methyl/N-ethyl adjacent to an activating group) is 1. The predicted octanol–water partition coefficient (Wildman–Crippen LogP) is 4.43. The molecule has 118 valence electrons. The summed E-state index contributed by atoms with van der Waals surface area (Å²) in [7, 11) is 2.29. The van der Waals surface area contributed by atoms with Crippen molar-refractivity contribution in [1.82, 2.24) is 4.90 Å². The Morgan fingerprint density at radius 1 is 1.14 bits per heavy atom. The Balaban J connectivity index is 2.24. The maximum atomic E-state index is 6.52. The maximum Gasteiger partial charge on any atom is 0.0501 e. The second-order valence-corrected chi connectivity index (χ2v) is 6.68. The van der Waals surface area contributed by atoms with E-state index < -0.39 is 0 Å². The highest BCUT2D eigenvalue weighted by molar-refractivity contribution is 5.30. The molecule has 0 spiro atoms. The van der Waals surface area contributed by atoms with Gasteiger partial charge in [0.2, 0.25) is 0 Å². The topological polar surface area (TPSA) is 29.3 Å². The van der Waals surface area contributed by atoms with Crippen molar-refractivity contribution in [1.29, 1.82) is 0 Å². The van der Waals surface area contributed by atoms with Gasteiger partial charge in [0.1, 0.15) is 0 Å². The Morgan fingerprint density at radius 3 is 2.33 bits per heavy atom. The van der Waals surface area contributed by atoms with Crippen LogP contribution in [0.2, 0.25) is 0 Å². The van der Waals surface area contributed by atoms with Crippen molar-refractivity contribution in [3.63, 3.8) is 0 Å². The fraction of sp³-hybridized carbons (Fsp3) is 0.684. The van der Waals surface area contributed by atoms with E-state index in [0.29, 0.717) is 12.1 Å². The molecule has 0 aromatic heterocycles. The first kappa shape index (κ1) is 16.5. The van der Waals surface area contributed by atoms with Crippen molar-refractivity contribution in [2.24, 2.45) is 5.73 Å². The number of nitrogens with zero attached hydrogens (tertiary/aromatic N) is 1. The molecule has 0 radical (unpaired) electrons. The van der Waals surface area contributed by atoms with Gasteiger partial charge in [0, 0.05) is 12.1 Å². The van der Waals surface area contributed by atoms with E-state index in [2.05, 4.69) is 50.1 Å². The number of nitrogens with two attached hydrogens (primary N) is 1. The lowest BCUT2D eigenvalue weighted by atomic mass is 9.91. The average molecular weight is 288 g/mol. The van der Waals surface area contributed by atoms with Crippen LogP contribution in [0, 0.1) is 6.92 Å². The van der Waals surface area contributed by atoms with Gasteiger partial charge in [0.05, 0.1) is 6.04 Å². The second-order valence-electron chi connectivity index (χ2n) is 6.68. The van der Waals surface area contributed by atoms with E-state index in [4.69, 9.17) is 5.73 Å². The molecule has 0 aliphatic heterocycles. The lowest BCUT2D eigenvalue weighted by Gasteiger charge is -2.39. The molecule has 1 aromatic carbocycles. The summed E-state index contributed by atoms with van der Waals surface area (Å²) in [5.74, 6) is 0. The standard InChI is InChI=1S/C19H32N2/c1-4-18(20)19(17-14-10-9-11-15(17)2)21(3)16-12-7-5-6-8-13-16/h9-11,14,16,18-19H,4-8,12-13,20H2,1-3H3. The summed E-state index contributed by atoms with van der Waals surface area (Å²) < 4.78 is 0. The molecule has 2 N–H and O–H groups in total. The van der Waals surface area contributed by atoms with Gasteiger partial charge in [-0.25, -0.2) is 0 Å². The zero-order valence-electron chi connectivity index (χ0n) is 14.0. The Hall–Kier alpha value is -0.860. The van der Waals surface area contributed by atoms with Crippen LogP contribution in [0.4, 0.5) is 0 Å². The molecular formula is C19H32N2. The zero-order chi connectivity index (χ0) is 15.2. The fourth-order valence-corrected chi connectivity index (χ4v) is 3.79. The molecule has 1 aromatic rings. The lowest BCUT2D eigenvalue weighted by Crippen LogP contribution is -2.44. The summed E-state index contributed by atoms with van der Waals surface area (Å²) >= 11 is 0. The minimum atomic E-state index is 0.208. The SMILES string of the molecule is CCC(N)C(c1ccccc1C)N(C)C1CCCCCC1. The number of aryl methyl sites for hydroxylation is 1. The third-order valence-corrected chi connectivity index (χ3v) is 5.22. The van der Waals surface area contributed by atoms with Gasteiger partial charge in [-0.1, -0.05) is 56.9 Å². The zero-order valence-corrected chi connectivity index (χ0v) is 14.0. The van der Waals surface area contributed by atoms with Crippen LogP contribution in [-0.4, -0.2) is 24.0 Å². The first-order chi connectivity index (χ1) is 10.1. The van der Waals surface area contributed by atoms with E-state index in [-0.39, 0.29) is 6.04 Å². The molecule has 1 aliphatic carbocycles. The molecule has 2 heteroatoms. The first-order valence-electron chi connectivity index (χ1n) is 8.68. The van der Waals surface area contributed by atoms with Crippen LogP contribution in [0.25, 0.3) is 0 Å². The molecule has 2 atom stereocenters. The molecule has 0 amide bonds. The first-order valence-corrected chi connectivity index (χ1v) is 8.68. The normalized spacial score (nSPS) is 20.2. The average Bonchev–Trinajstić information content (AvgIpc) is 2.78.